The van der Waals surface area contributed by atoms with Crippen molar-refractivity contribution in [2.75, 3.05) is 6.73 Å². The summed E-state index contributed by atoms with van der Waals surface area (Å²) in [4.78, 5) is 40.6. The van der Waals surface area contributed by atoms with Crippen molar-refractivity contribution in [3.8, 4) is 0 Å². The van der Waals surface area contributed by atoms with Crippen LogP contribution in [0.5, 0.6) is 0 Å². The molecule has 6 nitrogen and oxygen atoms in total. The highest BCUT2D eigenvalue weighted by Gasteiger charge is 2.35. The summed E-state index contributed by atoms with van der Waals surface area (Å²) in [5.41, 5.74) is 0.752. The zero-order valence-corrected chi connectivity index (χ0v) is 10.9. The SMILES string of the molecule is O=C(OCN1C(=O)c2ccccc2C1=O)c1ccccn1. The van der Waals surface area contributed by atoms with Gasteiger partial charge in [-0.05, 0) is 24.3 Å². The number of rotatable bonds is 3. The quantitative estimate of drug-likeness (QED) is 0.629. The van der Waals surface area contributed by atoms with Gasteiger partial charge in [0.1, 0.15) is 5.69 Å². The van der Waals surface area contributed by atoms with Gasteiger partial charge in [-0.3, -0.25) is 9.59 Å². The molecule has 0 saturated carbocycles. The summed E-state index contributed by atoms with van der Waals surface area (Å²) in [6, 6.07) is 11.3. The van der Waals surface area contributed by atoms with Crippen LogP contribution in [0.25, 0.3) is 0 Å². The van der Waals surface area contributed by atoms with Gasteiger partial charge < -0.3 is 4.74 Å². The molecule has 0 bridgehead atoms. The van der Waals surface area contributed by atoms with Gasteiger partial charge in [-0.15, -0.1) is 0 Å². The molecule has 2 heterocycles. The van der Waals surface area contributed by atoms with Crippen molar-refractivity contribution in [3.63, 3.8) is 0 Å². The number of amides is 2. The Hall–Kier alpha value is -3.02. The second-order valence-corrected chi connectivity index (χ2v) is 4.36. The molecule has 2 aromatic rings. The van der Waals surface area contributed by atoms with Crippen LogP contribution in [0.2, 0.25) is 0 Å². The molecule has 1 aliphatic heterocycles. The number of ether oxygens (including phenoxy) is 1. The van der Waals surface area contributed by atoms with E-state index in [1.54, 1.807) is 36.4 Å². The first kappa shape index (κ1) is 13.0. The molecule has 3 rings (SSSR count). The Morgan fingerprint density at radius 3 is 2.19 bits per heavy atom. The van der Waals surface area contributed by atoms with E-state index < -0.39 is 24.5 Å². The number of hydrogen-bond acceptors (Lipinski definition) is 5. The summed E-state index contributed by atoms with van der Waals surface area (Å²) in [6.07, 6.45) is 1.46. The van der Waals surface area contributed by atoms with Crippen LogP contribution >= 0.6 is 0 Å². The Morgan fingerprint density at radius 2 is 1.62 bits per heavy atom. The van der Waals surface area contributed by atoms with Crippen molar-refractivity contribution in [1.82, 2.24) is 9.88 Å². The summed E-state index contributed by atoms with van der Waals surface area (Å²) in [5, 5.41) is 0. The van der Waals surface area contributed by atoms with Crippen molar-refractivity contribution in [2.24, 2.45) is 0 Å². The Labute approximate surface area is 120 Å². The van der Waals surface area contributed by atoms with E-state index in [0.717, 1.165) is 4.90 Å². The van der Waals surface area contributed by atoms with Crippen molar-refractivity contribution < 1.29 is 19.1 Å². The van der Waals surface area contributed by atoms with Crippen LogP contribution in [0.1, 0.15) is 31.2 Å². The Kier molecular flexibility index (Phi) is 3.19. The zero-order valence-electron chi connectivity index (χ0n) is 10.9. The largest absolute Gasteiger partial charge is 0.439 e. The van der Waals surface area contributed by atoms with Gasteiger partial charge in [0.05, 0.1) is 11.1 Å². The number of hydrogen-bond donors (Lipinski definition) is 0. The van der Waals surface area contributed by atoms with E-state index in [1.165, 1.54) is 12.3 Å². The smallest absolute Gasteiger partial charge is 0.358 e. The minimum absolute atomic E-state index is 0.120. The van der Waals surface area contributed by atoms with Crippen molar-refractivity contribution in [2.45, 2.75) is 0 Å². The van der Waals surface area contributed by atoms with Gasteiger partial charge in [-0.2, -0.15) is 0 Å². The number of aromatic nitrogens is 1. The number of fused-ring (bicyclic) bond motifs is 1. The topological polar surface area (TPSA) is 76.6 Å². The van der Waals surface area contributed by atoms with Crippen LogP contribution in [-0.2, 0) is 4.74 Å². The van der Waals surface area contributed by atoms with Gasteiger partial charge in [0, 0.05) is 6.20 Å². The fraction of sp³-hybridized carbons (Fsp3) is 0.0667. The average molecular weight is 282 g/mol. The molecule has 0 N–H and O–H groups in total. The molecule has 21 heavy (non-hydrogen) atoms. The molecule has 0 saturated heterocycles. The number of pyridine rings is 1. The number of esters is 1. The minimum atomic E-state index is -0.688. The highest BCUT2D eigenvalue weighted by atomic mass is 16.5. The maximum absolute atomic E-state index is 12.1. The van der Waals surface area contributed by atoms with E-state index in [4.69, 9.17) is 4.74 Å². The fourth-order valence-electron chi connectivity index (χ4n) is 2.04. The number of benzene rings is 1. The lowest BCUT2D eigenvalue weighted by atomic mass is 10.1. The Bertz CT molecular complexity index is 692. The number of imide groups is 1. The fourth-order valence-corrected chi connectivity index (χ4v) is 2.04. The van der Waals surface area contributed by atoms with Gasteiger partial charge in [-0.1, -0.05) is 18.2 Å². The monoisotopic (exact) mass is 282 g/mol. The number of carbonyl (C=O) groups is 3. The van der Waals surface area contributed by atoms with Crippen LogP contribution in [0, 0.1) is 0 Å². The lowest BCUT2D eigenvalue weighted by Crippen LogP contribution is -2.33. The summed E-state index contributed by atoms with van der Waals surface area (Å²) in [6.45, 7) is -0.429. The van der Waals surface area contributed by atoms with E-state index in [9.17, 15) is 14.4 Å². The molecule has 0 unspecified atom stereocenters. The van der Waals surface area contributed by atoms with Crippen LogP contribution in [0.4, 0.5) is 0 Å². The number of carbonyl (C=O) groups excluding carboxylic acids is 3. The molecule has 0 spiro atoms. The normalized spacial score (nSPS) is 13.2. The zero-order chi connectivity index (χ0) is 14.8. The highest BCUT2D eigenvalue weighted by Crippen LogP contribution is 2.22. The summed E-state index contributed by atoms with van der Waals surface area (Å²) < 4.78 is 4.97. The molecule has 0 aliphatic carbocycles. The lowest BCUT2D eigenvalue weighted by Gasteiger charge is -2.13. The third-order valence-electron chi connectivity index (χ3n) is 3.08. The first-order chi connectivity index (χ1) is 10.2. The molecule has 1 aromatic heterocycles. The molecule has 0 radical (unpaired) electrons. The van der Waals surface area contributed by atoms with Crippen molar-refractivity contribution >= 4 is 17.8 Å². The molecule has 104 valence electrons. The molecule has 0 atom stereocenters. The lowest BCUT2D eigenvalue weighted by molar-refractivity contribution is 0.0223. The second kappa shape index (κ2) is 5.16. The van der Waals surface area contributed by atoms with Gasteiger partial charge in [0.15, 0.2) is 6.73 Å². The third kappa shape index (κ3) is 2.27. The molecule has 6 heteroatoms. The van der Waals surface area contributed by atoms with Gasteiger partial charge in [-0.25, -0.2) is 14.7 Å². The Morgan fingerprint density at radius 1 is 1.00 bits per heavy atom. The first-order valence-corrected chi connectivity index (χ1v) is 6.22. The highest BCUT2D eigenvalue weighted by molar-refractivity contribution is 6.21. The van der Waals surface area contributed by atoms with Crippen LogP contribution in [0.3, 0.4) is 0 Å². The minimum Gasteiger partial charge on any atom is -0.439 e. The first-order valence-electron chi connectivity index (χ1n) is 6.22. The summed E-state index contributed by atoms with van der Waals surface area (Å²) >= 11 is 0. The second-order valence-electron chi connectivity index (χ2n) is 4.36. The van der Waals surface area contributed by atoms with Gasteiger partial charge >= 0.3 is 5.97 Å². The predicted octanol–water partition coefficient (Wildman–Crippen LogP) is 1.49. The maximum atomic E-state index is 12.1. The molecular formula is C15H10N2O4. The van der Waals surface area contributed by atoms with E-state index in [-0.39, 0.29) is 5.69 Å². The number of nitrogens with zero attached hydrogens (tertiary/aromatic N) is 2. The van der Waals surface area contributed by atoms with Gasteiger partial charge in [0.25, 0.3) is 11.8 Å². The molecular weight excluding hydrogens is 272 g/mol. The Balaban J connectivity index is 1.72. The van der Waals surface area contributed by atoms with E-state index >= 15 is 0 Å². The molecule has 1 aliphatic rings. The van der Waals surface area contributed by atoms with Crippen LogP contribution in [-0.4, -0.2) is 34.4 Å². The van der Waals surface area contributed by atoms with E-state index in [1.807, 2.05) is 0 Å². The van der Waals surface area contributed by atoms with Crippen LogP contribution < -0.4 is 0 Å². The van der Waals surface area contributed by atoms with Gasteiger partial charge in [0.2, 0.25) is 0 Å². The predicted molar refractivity (Wildman–Crippen MR) is 71.5 cm³/mol. The standard InChI is InChI=1S/C15H10N2O4/c18-13-10-5-1-2-6-11(10)14(19)17(13)9-21-15(20)12-7-3-4-8-16-12/h1-8H,9H2. The van der Waals surface area contributed by atoms with Crippen molar-refractivity contribution in [3.05, 3.63) is 65.5 Å². The third-order valence-corrected chi connectivity index (χ3v) is 3.08. The maximum Gasteiger partial charge on any atom is 0.358 e. The summed E-state index contributed by atoms with van der Waals surface area (Å²) in [5.74, 6) is -1.62. The van der Waals surface area contributed by atoms with E-state index in [2.05, 4.69) is 4.98 Å². The summed E-state index contributed by atoms with van der Waals surface area (Å²) in [7, 11) is 0. The molecule has 0 fully saturated rings. The van der Waals surface area contributed by atoms with Crippen LogP contribution in [0.15, 0.2) is 48.7 Å². The molecule has 2 amide bonds. The average Bonchev–Trinajstić information content (AvgIpc) is 2.78. The molecule has 1 aromatic carbocycles. The van der Waals surface area contributed by atoms with Crippen molar-refractivity contribution in [1.29, 1.82) is 0 Å². The van der Waals surface area contributed by atoms with E-state index in [0.29, 0.717) is 11.1 Å².